The number of carboxylic acids is 1. The van der Waals surface area contributed by atoms with E-state index in [1.54, 1.807) is 24.0 Å². The molecule has 1 heterocycles. The molecule has 0 aromatic carbocycles. The summed E-state index contributed by atoms with van der Waals surface area (Å²) in [6.45, 7) is 1.25. The lowest BCUT2D eigenvalue weighted by molar-refractivity contribution is -0.156. The molecule has 0 radical (unpaired) electrons. The van der Waals surface area contributed by atoms with E-state index in [0.29, 0.717) is 5.82 Å². The van der Waals surface area contributed by atoms with Gasteiger partial charge >= 0.3 is 5.97 Å². The van der Waals surface area contributed by atoms with Gasteiger partial charge in [0, 0.05) is 25.9 Å². The molecule has 1 rings (SSSR count). The number of aromatic nitrogens is 2. The lowest BCUT2D eigenvalue weighted by Crippen LogP contribution is -2.38. The van der Waals surface area contributed by atoms with Crippen LogP contribution in [-0.4, -0.2) is 31.3 Å². The third-order valence-electron chi connectivity index (χ3n) is 1.88. The van der Waals surface area contributed by atoms with Crippen LogP contribution in [0.5, 0.6) is 0 Å². The first kappa shape index (κ1) is 9.73. The Morgan fingerprint density at radius 1 is 1.77 bits per heavy atom. The van der Waals surface area contributed by atoms with Crippen LogP contribution in [0.15, 0.2) is 12.4 Å². The normalized spacial score (nSPS) is 15.3. The van der Waals surface area contributed by atoms with Crippen molar-refractivity contribution in [3.63, 3.8) is 0 Å². The molecule has 0 spiro atoms. The third kappa shape index (κ3) is 2.06. The maximum Gasteiger partial charge on any atom is 0.335 e. The number of rotatable bonds is 3. The molecule has 0 aliphatic carbocycles. The Morgan fingerprint density at radius 3 is 2.77 bits per heavy atom. The molecule has 1 aromatic rings. The van der Waals surface area contributed by atoms with Gasteiger partial charge in [0.2, 0.25) is 0 Å². The minimum atomic E-state index is -1.75. The van der Waals surface area contributed by atoms with Gasteiger partial charge in [-0.15, -0.1) is 0 Å². The maximum absolute atomic E-state index is 10.6. The molecule has 0 bridgehead atoms. The van der Waals surface area contributed by atoms with E-state index in [-0.39, 0.29) is 6.42 Å². The highest BCUT2D eigenvalue weighted by molar-refractivity contribution is 5.76. The summed E-state index contributed by atoms with van der Waals surface area (Å²) < 4.78 is 1.68. The molecular formula is C8H12N2O3. The van der Waals surface area contributed by atoms with E-state index in [0.717, 1.165) is 0 Å². The van der Waals surface area contributed by atoms with Crippen molar-refractivity contribution in [3.8, 4) is 0 Å². The van der Waals surface area contributed by atoms with Gasteiger partial charge in [-0.3, -0.25) is 0 Å². The van der Waals surface area contributed by atoms with Gasteiger partial charge in [-0.2, -0.15) is 0 Å². The summed E-state index contributed by atoms with van der Waals surface area (Å²) in [6, 6.07) is 0. The molecule has 0 amide bonds. The zero-order valence-corrected chi connectivity index (χ0v) is 7.56. The van der Waals surface area contributed by atoms with E-state index < -0.39 is 11.6 Å². The second-order valence-electron chi connectivity index (χ2n) is 3.21. The predicted molar refractivity (Wildman–Crippen MR) is 45.2 cm³/mol. The van der Waals surface area contributed by atoms with Crippen molar-refractivity contribution >= 4 is 5.97 Å². The van der Waals surface area contributed by atoms with E-state index in [4.69, 9.17) is 5.11 Å². The third-order valence-corrected chi connectivity index (χ3v) is 1.88. The lowest BCUT2D eigenvalue weighted by Gasteiger charge is -2.16. The van der Waals surface area contributed by atoms with Crippen molar-refractivity contribution < 1.29 is 15.0 Å². The summed E-state index contributed by atoms with van der Waals surface area (Å²) in [6.07, 6.45) is 3.27. The van der Waals surface area contributed by atoms with Gasteiger partial charge in [0.25, 0.3) is 0 Å². The molecule has 1 atom stereocenters. The number of carbonyl (C=O) groups is 1. The molecule has 5 heteroatoms. The number of hydrogen-bond donors (Lipinski definition) is 2. The monoisotopic (exact) mass is 184 g/mol. The highest BCUT2D eigenvalue weighted by Gasteiger charge is 2.31. The average Bonchev–Trinajstić information content (AvgIpc) is 2.35. The van der Waals surface area contributed by atoms with E-state index in [1.807, 2.05) is 0 Å². The fourth-order valence-electron chi connectivity index (χ4n) is 0.950. The number of aliphatic hydroxyl groups is 1. The number of carboxylic acid groups (broad SMARTS) is 1. The van der Waals surface area contributed by atoms with E-state index in [2.05, 4.69) is 4.98 Å². The quantitative estimate of drug-likeness (QED) is 0.682. The van der Waals surface area contributed by atoms with Crippen LogP contribution < -0.4 is 0 Å². The van der Waals surface area contributed by atoms with Crippen molar-refractivity contribution in [1.82, 2.24) is 9.55 Å². The Balaban J connectivity index is 2.80. The van der Waals surface area contributed by atoms with Crippen LogP contribution in [-0.2, 0) is 18.3 Å². The first-order valence-corrected chi connectivity index (χ1v) is 3.85. The zero-order chi connectivity index (χ0) is 10.1. The molecule has 72 valence electrons. The zero-order valence-electron chi connectivity index (χ0n) is 7.56. The summed E-state index contributed by atoms with van der Waals surface area (Å²) in [5, 5.41) is 18.1. The summed E-state index contributed by atoms with van der Waals surface area (Å²) in [5.41, 5.74) is -1.75. The molecule has 13 heavy (non-hydrogen) atoms. The highest BCUT2D eigenvalue weighted by atomic mass is 16.4. The van der Waals surface area contributed by atoms with Gasteiger partial charge < -0.3 is 14.8 Å². The van der Waals surface area contributed by atoms with Gasteiger partial charge in [-0.25, -0.2) is 9.78 Å². The number of aliphatic carboxylic acids is 1. The molecule has 0 aliphatic rings. The summed E-state index contributed by atoms with van der Waals surface area (Å²) in [7, 11) is 1.75. The SMILES string of the molecule is Cn1ccnc1CC(C)(O)C(=O)O. The van der Waals surface area contributed by atoms with E-state index in [1.165, 1.54) is 6.92 Å². The number of imidazole rings is 1. The number of aryl methyl sites for hydroxylation is 1. The topological polar surface area (TPSA) is 75.3 Å². The fourth-order valence-corrected chi connectivity index (χ4v) is 0.950. The van der Waals surface area contributed by atoms with E-state index >= 15 is 0 Å². The Bertz CT molecular complexity index is 317. The smallest absolute Gasteiger partial charge is 0.335 e. The first-order chi connectivity index (χ1) is 5.93. The summed E-state index contributed by atoms with van der Waals surface area (Å²) in [4.78, 5) is 14.5. The van der Waals surface area contributed by atoms with Crippen LogP contribution in [0.4, 0.5) is 0 Å². The van der Waals surface area contributed by atoms with Gasteiger partial charge in [0.05, 0.1) is 0 Å². The Labute approximate surface area is 75.6 Å². The number of hydrogen-bond acceptors (Lipinski definition) is 3. The van der Waals surface area contributed by atoms with Crippen LogP contribution in [0.3, 0.4) is 0 Å². The molecule has 0 saturated heterocycles. The largest absolute Gasteiger partial charge is 0.479 e. The molecule has 5 nitrogen and oxygen atoms in total. The van der Waals surface area contributed by atoms with Crippen LogP contribution >= 0.6 is 0 Å². The van der Waals surface area contributed by atoms with Crippen LogP contribution in [0.1, 0.15) is 12.7 Å². The first-order valence-electron chi connectivity index (χ1n) is 3.85. The van der Waals surface area contributed by atoms with Gasteiger partial charge in [-0.05, 0) is 6.92 Å². The van der Waals surface area contributed by atoms with Crippen LogP contribution in [0, 0.1) is 0 Å². The molecule has 2 N–H and O–H groups in total. The van der Waals surface area contributed by atoms with Crippen molar-refractivity contribution in [2.24, 2.45) is 7.05 Å². The number of nitrogens with zero attached hydrogens (tertiary/aromatic N) is 2. The average molecular weight is 184 g/mol. The minimum absolute atomic E-state index is 0.00579. The van der Waals surface area contributed by atoms with E-state index in [9.17, 15) is 9.90 Å². The molecule has 1 unspecified atom stereocenters. The second-order valence-corrected chi connectivity index (χ2v) is 3.21. The molecule has 0 aliphatic heterocycles. The summed E-state index contributed by atoms with van der Waals surface area (Å²) >= 11 is 0. The molecule has 0 fully saturated rings. The van der Waals surface area contributed by atoms with Gasteiger partial charge in [0.1, 0.15) is 5.82 Å². The molecular weight excluding hydrogens is 172 g/mol. The lowest BCUT2D eigenvalue weighted by atomic mass is 10.0. The second kappa shape index (κ2) is 3.18. The van der Waals surface area contributed by atoms with Crippen LogP contribution in [0.25, 0.3) is 0 Å². The summed E-state index contributed by atoms with van der Waals surface area (Å²) in [5.74, 6) is -0.692. The van der Waals surface area contributed by atoms with Crippen molar-refractivity contribution in [2.75, 3.05) is 0 Å². The van der Waals surface area contributed by atoms with Crippen molar-refractivity contribution in [3.05, 3.63) is 18.2 Å². The van der Waals surface area contributed by atoms with Gasteiger partial charge in [0.15, 0.2) is 5.60 Å². The van der Waals surface area contributed by atoms with Crippen LogP contribution in [0.2, 0.25) is 0 Å². The highest BCUT2D eigenvalue weighted by Crippen LogP contribution is 2.10. The Hall–Kier alpha value is -1.36. The molecule has 1 aromatic heterocycles. The van der Waals surface area contributed by atoms with Crippen molar-refractivity contribution in [1.29, 1.82) is 0 Å². The predicted octanol–water partition coefficient (Wildman–Crippen LogP) is -0.202. The van der Waals surface area contributed by atoms with Crippen molar-refractivity contribution in [2.45, 2.75) is 18.9 Å². The maximum atomic E-state index is 10.6. The fraction of sp³-hybridized carbons (Fsp3) is 0.500. The minimum Gasteiger partial charge on any atom is -0.479 e. The Kier molecular flexibility index (Phi) is 2.38. The Morgan fingerprint density at radius 2 is 2.38 bits per heavy atom. The molecule has 0 saturated carbocycles. The standard InChI is InChI=1S/C8H12N2O3/c1-8(13,7(11)12)5-6-9-3-4-10(6)2/h3-4,13H,5H2,1-2H3,(H,11,12). The van der Waals surface area contributed by atoms with Gasteiger partial charge in [-0.1, -0.05) is 0 Å².